The second-order valence-electron chi connectivity index (χ2n) is 8.78. The van der Waals surface area contributed by atoms with Gasteiger partial charge in [-0.25, -0.2) is 4.39 Å². The van der Waals surface area contributed by atoms with Crippen molar-refractivity contribution < 1.29 is 28.1 Å². The van der Waals surface area contributed by atoms with E-state index in [0.717, 1.165) is 16.7 Å². The normalized spacial score (nSPS) is 23.8. The van der Waals surface area contributed by atoms with Crippen LogP contribution in [0.25, 0.3) is 0 Å². The number of hydrogen-bond acceptors (Lipinski definition) is 5. The molecule has 0 bridgehead atoms. The standard InChI is InChI=1S/C29H32FNO5/c1-21(32)31-26-28(35-19-24-15-9-4-10-16-24)27(34-18-23-13-7-3-8-14-23)25(36-29(26)30)20-33-17-22-11-5-2-6-12-22/h2-16,25-29H,17-20H2,1H3,(H,31,32)/t25-,26+,27-,28-,29+/m1/s1. The SMILES string of the molecule is CC(=O)N[C@H]1[C@@H](OCc2ccccc2)[C@H](OCc2ccccc2)[C@@H](COCc2ccccc2)O[C@@H]1F. The highest BCUT2D eigenvalue weighted by atomic mass is 19.1. The fourth-order valence-electron chi connectivity index (χ4n) is 4.21. The van der Waals surface area contributed by atoms with Gasteiger partial charge in [-0.05, 0) is 16.7 Å². The molecule has 0 unspecified atom stereocenters. The monoisotopic (exact) mass is 493 g/mol. The lowest BCUT2D eigenvalue weighted by Gasteiger charge is -2.44. The van der Waals surface area contributed by atoms with Crippen LogP contribution in [0.15, 0.2) is 91.0 Å². The van der Waals surface area contributed by atoms with Gasteiger partial charge in [0.25, 0.3) is 0 Å². The molecule has 1 N–H and O–H groups in total. The highest BCUT2D eigenvalue weighted by Crippen LogP contribution is 2.29. The van der Waals surface area contributed by atoms with E-state index in [9.17, 15) is 4.79 Å². The summed E-state index contributed by atoms with van der Waals surface area (Å²) in [5.41, 5.74) is 2.89. The van der Waals surface area contributed by atoms with Gasteiger partial charge in [0.2, 0.25) is 12.3 Å². The van der Waals surface area contributed by atoms with Crippen LogP contribution < -0.4 is 5.32 Å². The summed E-state index contributed by atoms with van der Waals surface area (Å²) in [5.74, 6) is -0.375. The number of ether oxygens (including phenoxy) is 4. The number of hydrogen-bond donors (Lipinski definition) is 1. The Morgan fingerprint density at radius 1 is 0.778 bits per heavy atom. The minimum atomic E-state index is -1.78. The molecule has 36 heavy (non-hydrogen) atoms. The zero-order valence-electron chi connectivity index (χ0n) is 20.3. The Hall–Kier alpha value is -3.10. The number of carbonyl (C=O) groups excluding carboxylic acids is 1. The van der Waals surface area contributed by atoms with Gasteiger partial charge in [-0.3, -0.25) is 4.79 Å². The van der Waals surface area contributed by atoms with Crippen LogP contribution in [0.4, 0.5) is 4.39 Å². The third-order valence-electron chi connectivity index (χ3n) is 5.97. The van der Waals surface area contributed by atoms with Crippen molar-refractivity contribution in [3.05, 3.63) is 108 Å². The number of amides is 1. The molecule has 1 aliphatic heterocycles. The van der Waals surface area contributed by atoms with E-state index in [1.165, 1.54) is 6.92 Å². The Labute approximate surface area is 211 Å². The maximum absolute atomic E-state index is 15.3. The number of carbonyl (C=O) groups is 1. The van der Waals surface area contributed by atoms with E-state index in [4.69, 9.17) is 18.9 Å². The summed E-state index contributed by atoms with van der Waals surface area (Å²) in [6.45, 7) is 2.31. The topological polar surface area (TPSA) is 66.0 Å². The van der Waals surface area contributed by atoms with Gasteiger partial charge < -0.3 is 24.3 Å². The van der Waals surface area contributed by atoms with Crippen molar-refractivity contribution in [2.75, 3.05) is 6.61 Å². The van der Waals surface area contributed by atoms with E-state index >= 15 is 4.39 Å². The van der Waals surface area contributed by atoms with Crippen LogP contribution in [0.5, 0.6) is 0 Å². The number of benzene rings is 3. The van der Waals surface area contributed by atoms with Crippen molar-refractivity contribution in [1.29, 1.82) is 0 Å². The second-order valence-corrected chi connectivity index (χ2v) is 8.78. The molecule has 4 rings (SSSR count). The first-order valence-corrected chi connectivity index (χ1v) is 12.1. The Kier molecular flexibility index (Phi) is 9.58. The molecule has 0 radical (unpaired) electrons. The van der Waals surface area contributed by atoms with Crippen molar-refractivity contribution in [1.82, 2.24) is 5.32 Å². The highest BCUT2D eigenvalue weighted by molar-refractivity contribution is 5.73. The molecular formula is C29H32FNO5. The Bertz CT molecular complexity index is 1050. The zero-order chi connectivity index (χ0) is 25.2. The Morgan fingerprint density at radius 3 is 1.75 bits per heavy atom. The molecule has 7 heteroatoms. The minimum Gasteiger partial charge on any atom is -0.374 e. The summed E-state index contributed by atoms with van der Waals surface area (Å²) in [6, 6.07) is 28.0. The molecule has 1 fully saturated rings. The Morgan fingerprint density at radius 2 is 1.25 bits per heavy atom. The average molecular weight is 494 g/mol. The van der Waals surface area contributed by atoms with Crippen molar-refractivity contribution in [3.8, 4) is 0 Å². The van der Waals surface area contributed by atoms with E-state index < -0.39 is 30.7 Å². The molecule has 5 atom stereocenters. The molecule has 3 aromatic carbocycles. The van der Waals surface area contributed by atoms with E-state index in [2.05, 4.69) is 5.32 Å². The largest absolute Gasteiger partial charge is 0.374 e. The molecule has 0 saturated carbocycles. The fourth-order valence-corrected chi connectivity index (χ4v) is 4.21. The number of alkyl halides is 1. The van der Waals surface area contributed by atoms with Crippen LogP contribution in [0.1, 0.15) is 23.6 Å². The molecule has 1 amide bonds. The quantitative estimate of drug-likeness (QED) is 0.424. The molecule has 0 spiro atoms. The summed E-state index contributed by atoms with van der Waals surface area (Å²) >= 11 is 0. The van der Waals surface area contributed by atoms with Gasteiger partial charge >= 0.3 is 0 Å². The summed E-state index contributed by atoms with van der Waals surface area (Å²) in [4.78, 5) is 11.9. The van der Waals surface area contributed by atoms with Crippen LogP contribution >= 0.6 is 0 Å². The van der Waals surface area contributed by atoms with Gasteiger partial charge in [-0.15, -0.1) is 0 Å². The van der Waals surface area contributed by atoms with E-state index in [-0.39, 0.29) is 25.7 Å². The van der Waals surface area contributed by atoms with Gasteiger partial charge in [0, 0.05) is 6.92 Å². The van der Waals surface area contributed by atoms with Crippen LogP contribution in [0.3, 0.4) is 0 Å². The summed E-state index contributed by atoms with van der Waals surface area (Å²) in [5, 5.41) is 2.66. The van der Waals surface area contributed by atoms with Crippen LogP contribution in [-0.2, 0) is 43.6 Å². The van der Waals surface area contributed by atoms with Gasteiger partial charge in [0.15, 0.2) is 0 Å². The smallest absolute Gasteiger partial charge is 0.222 e. The van der Waals surface area contributed by atoms with Crippen molar-refractivity contribution in [2.45, 2.75) is 57.5 Å². The fraction of sp³-hybridized carbons (Fsp3) is 0.345. The number of nitrogens with one attached hydrogen (secondary N) is 1. The van der Waals surface area contributed by atoms with Crippen LogP contribution in [0, 0.1) is 0 Å². The van der Waals surface area contributed by atoms with Crippen molar-refractivity contribution in [2.24, 2.45) is 0 Å². The highest BCUT2D eigenvalue weighted by Gasteiger charge is 2.48. The Balaban J connectivity index is 1.53. The third-order valence-corrected chi connectivity index (χ3v) is 5.97. The predicted octanol–water partition coefficient (Wildman–Crippen LogP) is 4.57. The predicted molar refractivity (Wildman–Crippen MR) is 134 cm³/mol. The lowest BCUT2D eigenvalue weighted by molar-refractivity contribution is -0.258. The van der Waals surface area contributed by atoms with E-state index in [0.29, 0.717) is 6.61 Å². The first-order valence-electron chi connectivity index (χ1n) is 12.1. The minimum absolute atomic E-state index is 0.104. The molecule has 0 aromatic heterocycles. The molecule has 6 nitrogen and oxygen atoms in total. The zero-order valence-corrected chi connectivity index (χ0v) is 20.3. The van der Waals surface area contributed by atoms with Crippen molar-refractivity contribution in [3.63, 3.8) is 0 Å². The molecule has 190 valence electrons. The first-order chi connectivity index (χ1) is 17.6. The number of rotatable bonds is 11. The molecular weight excluding hydrogens is 461 g/mol. The molecule has 1 saturated heterocycles. The van der Waals surface area contributed by atoms with Crippen LogP contribution in [-0.4, -0.2) is 43.2 Å². The maximum atomic E-state index is 15.3. The average Bonchev–Trinajstić information content (AvgIpc) is 2.90. The molecule has 1 heterocycles. The van der Waals surface area contributed by atoms with E-state index in [1.807, 2.05) is 91.0 Å². The lowest BCUT2D eigenvalue weighted by Crippen LogP contribution is -2.64. The summed E-state index contributed by atoms with van der Waals surface area (Å²) in [7, 11) is 0. The van der Waals surface area contributed by atoms with Gasteiger partial charge in [0.1, 0.15) is 24.4 Å². The van der Waals surface area contributed by atoms with Crippen molar-refractivity contribution >= 4 is 5.91 Å². The number of halogens is 1. The molecule has 0 aliphatic carbocycles. The second kappa shape index (κ2) is 13.3. The van der Waals surface area contributed by atoms with Gasteiger partial charge in [-0.2, -0.15) is 0 Å². The lowest BCUT2D eigenvalue weighted by atomic mass is 9.96. The molecule has 3 aromatic rings. The third kappa shape index (κ3) is 7.45. The maximum Gasteiger partial charge on any atom is 0.222 e. The van der Waals surface area contributed by atoms with E-state index in [1.54, 1.807) is 0 Å². The van der Waals surface area contributed by atoms with Gasteiger partial charge in [-0.1, -0.05) is 91.0 Å². The summed E-state index contributed by atoms with van der Waals surface area (Å²) < 4.78 is 39.4. The first kappa shape index (κ1) is 26.0. The molecule has 1 aliphatic rings. The summed E-state index contributed by atoms with van der Waals surface area (Å²) in [6.07, 6.45) is -4.00. The van der Waals surface area contributed by atoms with Crippen LogP contribution in [0.2, 0.25) is 0 Å². The van der Waals surface area contributed by atoms with Gasteiger partial charge in [0.05, 0.1) is 26.4 Å².